The highest BCUT2D eigenvalue weighted by molar-refractivity contribution is 5.74. The van der Waals surface area contributed by atoms with Crippen molar-refractivity contribution in [1.82, 2.24) is 0 Å². The molecule has 0 bridgehead atoms. The summed E-state index contributed by atoms with van der Waals surface area (Å²) >= 11 is 0. The van der Waals surface area contributed by atoms with Gasteiger partial charge in [-0.15, -0.1) is 0 Å². The molecule has 2 aliphatic heterocycles. The Labute approximate surface area is 157 Å². The van der Waals surface area contributed by atoms with Crippen LogP contribution in [0.2, 0.25) is 0 Å². The third-order valence-corrected chi connectivity index (χ3v) is 6.75. The Balaban J connectivity index is 0.000000151. The van der Waals surface area contributed by atoms with E-state index in [1.54, 1.807) is 0 Å². The summed E-state index contributed by atoms with van der Waals surface area (Å²) in [6.07, 6.45) is 8.54. The molecular formula is C22H32O4. The molecule has 4 heteroatoms. The maximum absolute atomic E-state index is 11.4. The molecule has 4 aliphatic rings. The maximum Gasteiger partial charge on any atom is 0.309 e. The Kier molecular flexibility index (Phi) is 5.89. The van der Waals surface area contributed by atoms with E-state index in [9.17, 15) is 9.59 Å². The summed E-state index contributed by atoms with van der Waals surface area (Å²) in [5.41, 5.74) is 2.88. The van der Waals surface area contributed by atoms with Crippen molar-refractivity contribution >= 4 is 11.9 Å². The van der Waals surface area contributed by atoms with E-state index in [0.717, 1.165) is 25.7 Å². The number of carbonyl (C=O) groups is 2. The van der Waals surface area contributed by atoms with Gasteiger partial charge < -0.3 is 9.47 Å². The summed E-state index contributed by atoms with van der Waals surface area (Å²) < 4.78 is 10.1. The first-order chi connectivity index (χ1) is 12.4. The molecule has 0 N–H and O–H groups in total. The second-order valence-electron chi connectivity index (χ2n) is 8.55. The highest BCUT2D eigenvalue weighted by Gasteiger charge is 2.37. The summed E-state index contributed by atoms with van der Waals surface area (Å²) in [5, 5.41) is 0. The van der Waals surface area contributed by atoms with Gasteiger partial charge in [-0.3, -0.25) is 9.59 Å². The van der Waals surface area contributed by atoms with Crippen LogP contribution >= 0.6 is 0 Å². The normalized spacial score (nSPS) is 39.1. The van der Waals surface area contributed by atoms with Gasteiger partial charge >= 0.3 is 11.9 Å². The first-order valence-electron chi connectivity index (χ1n) is 10.1. The van der Waals surface area contributed by atoms with Crippen molar-refractivity contribution in [3.05, 3.63) is 23.3 Å². The molecule has 0 radical (unpaired) electrons. The first-order valence-corrected chi connectivity index (χ1v) is 10.1. The van der Waals surface area contributed by atoms with Crippen molar-refractivity contribution in [2.24, 2.45) is 35.5 Å². The molecule has 0 saturated carbocycles. The lowest BCUT2D eigenvalue weighted by Gasteiger charge is -2.34. The number of rotatable bonds is 0. The van der Waals surface area contributed by atoms with Crippen LogP contribution in [0.1, 0.15) is 53.4 Å². The number of fused-ring (bicyclic) bond motifs is 2. The average Bonchev–Trinajstić information content (AvgIpc) is 2.60. The van der Waals surface area contributed by atoms with Crippen LogP contribution in [0.25, 0.3) is 0 Å². The van der Waals surface area contributed by atoms with Crippen LogP contribution < -0.4 is 0 Å². The zero-order valence-corrected chi connectivity index (χ0v) is 16.5. The topological polar surface area (TPSA) is 52.6 Å². The molecule has 2 heterocycles. The van der Waals surface area contributed by atoms with Gasteiger partial charge in [-0.05, 0) is 63.2 Å². The Hall–Kier alpha value is -1.58. The summed E-state index contributed by atoms with van der Waals surface area (Å²) in [4.78, 5) is 22.9. The van der Waals surface area contributed by atoms with Gasteiger partial charge in [0, 0.05) is 0 Å². The third-order valence-electron chi connectivity index (χ3n) is 6.75. The van der Waals surface area contributed by atoms with Crippen molar-refractivity contribution in [3.8, 4) is 0 Å². The van der Waals surface area contributed by atoms with E-state index in [4.69, 9.17) is 9.47 Å². The summed E-state index contributed by atoms with van der Waals surface area (Å²) in [6.45, 7) is 9.92. The maximum atomic E-state index is 11.4. The molecule has 26 heavy (non-hydrogen) atoms. The third kappa shape index (κ3) is 4.05. The molecular weight excluding hydrogens is 328 g/mol. The van der Waals surface area contributed by atoms with E-state index in [-0.39, 0.29) is 23.8 Å². The second kappa shape index (κ2) is 7.98. The summed E-state index contributed by atoms with van der Waals surface area (Å²) in [5.74, 6) is 2.34. The molecule has 0 spiro atoms. The van der Waals surface area contributed by atoms with Crippen LogP contribution in [0, 0.1) is 35.5 Å². The van der Waals surface area contributed by atoms with Gasteiger partial charge in [-0.1, -0.05) is 37.1 Å². The Morgan fingerprint density at radius 3 is 1.54 bits per heavy atom. The van der Waals surface area contributed by atoms with E-state index in [2.05, 4.69) is 39.8 Å². The Morgan fingerprint density at radius 2 is 1.15 bits per heavy atom. The molecule has 0 amide bonds. The number of hydrogen-bond donors (Lipinski definition) is 0. The molecule has 2 aliphatic carbocycles. The van der Waals surface area contributed by atoms with Gasteiger partial charge in [0.25, 0.3) is 0 Å². The average molecular weight is 360 g/mol. The van der Waals surface area contributed by atoms with Crippen molar-refractivity contribution in [3.63, 3.8) is 0 Å². The van der Waals surface area contributed by atoms with Crippen molar-refractivity contribution in [2.75, 3.05) is 13.2 Å². The largest absolute Gasteiger partial charge is 0.465 e. The van der Waals surface area contributed by atoms with Crippen LogP contribution in [-0.2, 0) is 19.1 Å². The zero-order valence-electron chi connectivity index (χ0n) is 16.5. The van der Waals surface area contributed by atoms with Crippen LogP contribution in [0.15, 0.2) is 23.3 Å². The Morgan fingerprint density at radius 1 is 0.769 bits per heavy atom. The van der Waals surface area contributed by atoms with Crippen LogP contribution in [0.5, 0.6) is 0 Å². The number of esters is 2. The van der Waals surface area contributed by atoms with Crippen molar-refractivity contribution < 1.29 is 19.1 Å². The molecule has 0 unspecified atom stereocenters. The predicted molar refractivity (Wildman–Crippen MR) is 100 cm³/mol. The summed E-state index contributed by atoms with van der Waals surface area (Å²) in [7, 11) is 0. The van der Waals surface area contributed by atoms with Gasteiger partial charge in [0.15, 0.2) is 0 Å². The molecule has 4 nitrogen and oxygen atoms in total. The Bertz CT molecular complexity index is 564. The van der Waals surface area contributed by atoms with Gasteiger partial charge in [0.1, 0.15) is 0 Å². The molecule has 6 atom stereocenters. The number of allylic oxidation sites excluding steroid dienone is 4. The minimum atomic E-state index is 0.0202. The highest BCUT2D eigenvalue weighted by atomic mass is 16.5. The van der Waals surface area contributed by atoms with Gasteiger partial charge in [-0.25, -0.2) is 0 Å². The predicted octanol–water partition coefficient (Wildman–Crippen LogP) is 4.30. The summed E-state index contributed by atoms with van der Waals surface area (Å²) in [6, 6.07) is 0. The van der Waals surface area contributed by atoms with E-state index >= 15 is 0 Å². The van der Waals surface area contributed by atoms with Gasteiger partial charge in [-0.2, -0.15) is 0 Å². The fourth-order valence-corrected chi connectivity index (χ4v) is 4.64. The number of carbonyl (C=O) groups excluding carboxylic acids is 2. The fourth-order valence-electron chi connectivity index (χ4n) is 4.64. The molecule has 144 valence electrons. The minimum Gasteiger partial charge on any atom is -0.465 e. The quantitative estimate of drug-likeness (QED) is 0.477. The van der Waals surface area contributed by atoms with E-state index in [1.807, 2.05) is 0 Å². The molecule has 4 rings (SSSR count). The molecule has 0 aromatic rings. The number of cyclic esters (lactones) is 2. The standard InChI is InChI=1S/2C11H16O2/c2*1-7-5-9-3-4-13-11(12)10(9)6-8(7)2/h2*5,8-10H,3-4,6H2,1-2H3/t2*8-,9-,10+/m10/s1. The van der Waals surface area contributed by atoms with E-state index in [0.29, 0.717) is 36.9 Å². The lowest BCUT2D eigenvalue weighted by molar-refractivity contribution is -0.157. The second-order valence-corrected chi connectivity index (χ2v) is 8.55. The number of hydrogen-bond acceptors (Lipinski definition) is 4. The number of ether oxygens (including phenoxy) is 2. The van der Waals surface area contributed by atoms with Crippen LogP contribution in [0.4, 0.5) is 0 Å². The lowest BCUT2D eigenvalue weighted by atomic mass is 9.74. The zero-order chi connectivity index (χ0) is 18.8. The minimum absolute atomic E-state index is 0.0202. The van der Waals surface area contributed by atoms with E-state index in [1.165, 1.54) is 11.1 Å². The van der Waals surface area contributed by atoms with Crippen LogP contribution in [-0.4, -0.2) is 25.2 Å². The van der Waals surface area contributed by atoms with Gasteiger partial charge in [0.2, 0.25) is 0 Å². The SMILES string of the molecule is CC1=C[C@@H]2CCOC(=O)[C@@H]2C[C@@H]1C.CC1=C[C@H]2CCOC(=O)[C@H]2C[C@H]1C. The first kappa shape index (κ1) is 19.2. The fraction of sp³-hybridized carbons (Fsp3) is 0.727. The smallest absolute Gasteiger partial charge is 0.309 e. The monoisotopic (exact) mass is 360 g/mol. The lowest BCUT2D eigenvalue weighted by Crippen LogP contribution is -2.35. The van der Waals surface area contributed by atoms with Crippen LogP contribution in [0.3, 0.4) is 0 Å². The highest BCUT2D eigenvalue weighted by Crippen LogP contribution is 2.38. The van der Waals surface area contributed by atoms with Crippen molar-refractivity contribution in [2.45, 2.75) is 53.4 Å². The van der Waals surface area contributed by atoms with E-state index < -0.39 is 0 Å². The molecule has 0 aromatic heterocycles. The molecule has 2 fully saturated rings. The molecule has 0 aromatic carbocycles. The van der Waals surface area contributed by atoms with Gasteiger partial charge in [0.05, 0.1) is 25.0 Å². The molecule has 2 saturated heterocycles. The van der Waals surface area contributed by atoms with Crippen molar-refractivity contribution in [1.29, 1.82) is 0 Å².